The highest BCUT2D eigenvalue weighted by Crippen LogP contribution is 2.21. The molecule has 0 N–H and O–H groups in total. The van der Waals surface area contributed by atoms with Gasteiger partial charge in [0, 0.05) is 12.3 Å². The first kappa shape index (κ1) is 10.5. The van der Waals surface area contributed by atoms with Crippen molar-refractivity contribution in [3.05, 3.63) is 11.6 Å². The molecule has 0 saturated carbocycles. The maximum Gasteiger partial charge on any atom is 0.0433 e. The minimum absolute atomic E-state index is 0.658. The molecule has 1 nitrogen and oxygen atoms in total. The van der Waals surface area contributed by atoms with Gasteiger partial charge in [-0.05, 0) is 30.8 Å². The lowest BCUT2D eigenvalue weighted by molar-refractivity contribution is 0.740. The van der Waals surface area contributed by atoms with Crippen LogP contribution in [0.1, 0.15) is 46.5 Å². The van der Waals surface area contributed by atoms with Crippen LogP contribution in [0.2, 0.25) is 0 Å². The third kappa shape index (κ3) is 2.68. The van der Waals surface area contributed by atoms with E-state index in [9.17, 15) is 0 Å². The Balaban J connectivity index is 2.62. The lowest BCUT2D eigenvalue weighted by Crippen LogP contribution is -2.09. The molecule has 0 bridgehead atoms. The summed E-state index contributed by atoms with van der Waals surface area (Å²) >= 11 is 0. The van der Waals surface area contributed by atoms with E-state index in [2.05, 4.69) is 31.8 Å². The van der Waals surface area contributed by atoms with E-state index >= 15 is 0 Å². The maximum absolute atomic E-state index is 4.59. The molecule has 1 aliphatic heterocycles. The summed E-state index contributed by atoms with van der Waals surface area (Å²) in [5, 5.41) is 0. The molecule has 1 unspecified atom stereocenters. The van der Waals surface area contributed by atoms with E-state index in [1.807, 2.05) is 0 Å². The van der Waals surface area contributed by atoms with Gasteiger partial charge < -0.3 is 0 Å². The third-order valence-corrected chi connectivity index (χ3v) is 2.75. The Kier molecular flexibility index (Phi) is 4.20. The van der Waals surface area contributed by atoms with Crippen LogP contribution < -0.4 is 0 Å². The van der Waals surface area contributed by atoms with Crippen molar-refractivity contribution in [3.8, 4) is 0 Å². The minimum atomic E-state index is 0.658. The minimum Gasteiger partial charge on any atom is -0.289 e. The van der Waals surface area contributed by atoms with Crippen LogP contribution >= 0.6 is 0 Å². The first-order valence-corrected chi connectivity index (χ1v) is 5.53. The van der Waals surface area contributed by atoms with E-state index in [1.165, 1.54) is 37.0 Å². The number of aliphatic imine (C=N–C) groups is 1. The molecule has 0 aromatic heterocycles. The van der Waals surface area contributed by atoms with E-state index < -0.39 is 0 Å². The summed E-state index contributed by atoms with van der Waals surface area (Å²) in [5.41, 5.74) is 2.91. The number of unbranched alkanes of at least 4 members (excludes halogenated alkanes) is 1. The van der Waals surface area contributed by atoms with Crippen LogP contribution in [0.4, 0.5) is 0 Å². The first-order valence-electron chi connectivity index (χ1n) is 5.53. The second-order valence-electron chi connectivity index (χ2n) is 3.84. The van der Waals surface area contributed by atoms with Crippen LogP contribution in [-0.2, 0) is 0 Å². The summed E-state index contributed by atoms with van der Waals surface area (Å²) in [4.78, 5) is 4.59. The molecule has 0 aromatic carbocycles. The zero-order valence-electron chi connectivity index (χ0n) is 9.14. The Morgan fingerprint density at radius 3 is 2.85 bits per heavy atom. The van der Waals surface area contributed by atoms with Crippen LogP contribution in [0, 0.1) is 5.92 Å². The highest BCUT2D eigenvalue weighted by molar-refractivity contribution is 6.03. The third-order valence-electron chi connectivity index (χ3n) is 2.75. The van der Waals surface area contributed by atoms with Gasteiger partial charge in [-0.3, -0.25) is 4.99 Å². The molecule has 0 radical (unpaired) electrons. The maximum atomic E-state index is 4.59. The summed E-state index contributed by atoms with van der Waals surface area (Å²) in [6.45, 7) is 7.77. The molecular formula is C12H21N. The van der Waals surface area contributed by atoms with Crippen molar-refractivity contribution in [3.63, 3.8) is 0 Å². The molecule has 1 rings (SSSR count). The van der Waals surface area contributed by atoms with Gasteiger partial charge in [-0.1, -0.05) is 33.3 Å². The first-order chi connectivity index (χ1) is 6.29. The van der Waals surface area contributed by atoms with E-state index in [1.54, 1.807) is 0 Å². The highest BCUT2D eigenvalue weighted by Gasteiger charge is 2.17. The van der Waals surface area contributed by atoms with Gasteiger partial charge in [-0.25, -0.2) is 0 Å². The Labute approximate surface area is 82.0 Å². The molecule has 0 aromatic rings. The van der Waals surface area contributed by atoms with Crippen LogP contribution in [-0.4, -0.2) is 12.3 Å². The molecule has 1 aliphatic rings. The van der Waals surface area contributed by atoms with Crippen molar-refractivity contribution in [2.45, 2.75) is 46.5 Å². The molecule has 1 atom stereocenters. The highest BCUT2D eigenvalue weighted by atomic mass is 14.8. The van der Waals surface area contributed by atoms with Crippen LogP contribution in [0.5, 0.6) is 0 Å². The molecule has 74 valence electrons. The fourth-order valence-corrected chi connectivity index (χ4v) is 1.72. The van der Waals surface area contributed by atoms with Crippen molar-refractivity contribution >= 4 is 5.71 Å². The summed E-state index contributed by atoms with van der Waals surface area (Å²) in [6.07, 6.45) is 7.24. The van der Waals surface area contributed by atoms with Gasteiger partial charge in [0.15, 0.2) is 0 Å². The van der Waals surface area contributed by atoms with Gasteiger partial charge in [0.25, 0.3) is 0 Å². The van der Waals surface area contributed by atoms with Crippen molar-refractivity contribution in [1.29, 1.82) is 0 Å². The van der Waals surface area contributed by atoms with Crippen molar-refractivity contribution in [1.82, 2.24) is 0 Å². The zero-order valence-corrected chi connectivity index (χ0v) is 9.14. The summed E-state index contributed by atoms with van der Waals surface area (Å²) in [5.74, 6) is 0.658. The second-order valence-corrected chi connectivity index (χ2v) is 3.84. The van der Waals surface area contributed by atoms with E-state index in [-0.39, 0.29) is 0 Å². The van der Waals surface area contributed by atoms with Crippen molar-refractivity contribution in [2.75, 3.05) is 6.54 Å². The Bertz CT molecular complexity index is 213. The van der Waals surface area contributed by atoms with Gasteiger partial charge in [-0.2, -0.15) is 0 Å². The van der Waals surface area contributed by atoms with Gasteiger partial charge in [0.05, 0.1) is 0 Å². The topological polar surface area (TPSA) is 12.4 Å². The van der Waals surface area contributed by atoms with Crippen LogP contribution in [0.15, 0.2) is 16.6 Å². The Morgan fingerprint density at radius 2 is 2.23 bits per heavy atom. The molecule has 13 heavy (non-hydrogen) atoms. The molecule has 0 aliphatic carbocycles. The summed E-state index contributed by atoms with van der Waals surface area (Å²) in [7, 11) is 0. The number of rotatable bonds is 4. The summed E-state index contributed by atoms with van der Waals surface area (Å²) in [6, 6.07) is 0. The standard InChI is InChI=1S/C12H21N/c1-4-6-7-11-8-9-13-12(11)10(3)5-2/h7,10H,4-6,8-9H2,1-3H3/b11-7-. The van der Waals surface area contributed by atoms with Gasteiger partial charge in [-0.15, -0.1) is 0 Å². The Morgan fingerprint density at radius 1 is 1.46 bits per heavy atom. The molecule has 1 heteroatoms. The molecule has 0 saturated heterocycles. The van der Waals surface area contributed by atoms with Gasteiger partial charge in [0.1, 0.15) is 0 Å². The van der Waals surface area contributed by atoms with Crippen molar-refractivity contribution < 1.29 is 0 Å². The zero-order chi connectivity index (χ0) is 9.68. The molecular weight excluding hydrogens is 158 g/mol. The predicted molar refractivity (Wildman–Crippen MR) is 59.4 cm³/mol. The fourth-order valence-electron chi connectivity index (χ4n) is 1.72. The summed E-state index contributed by atoms with van der Waals surface area (Å²) < 4.78 is 0. The lowest BCUT2D eigenvalue weighted by Gasteiger charge is -2.10. The smallest absolute Gasteiger partial charge is 0.0433 e. The van der Waals surface area contributed by atoms with Gasteiger partial charge >= 0.3 is 0 Å². The van der Waals surface area contributed by atoms with Crippen LogP contribution in [0.25, 0.3) is 0 Å². The Hall–Kier alpha value is -0.590. The van der Waals surface area contributed by atoms with Crippen molar-refractivity contribution in [2.24, 2.45) is 10.9 Å². The number of hydrogen-bond donors (Lipinski definition) is 0. The average Bonchev–Trinajstić information content (AvgIpc) is 2.61. The molecule has 0 fully saturated rings. The quantitative estimate of drug-likeness (QED) is 0.625. The van der Waals surface area contributed by atoms with E-state index in [0.717, 1.165) is 6.54 Å². The lowest BCUT2D eigenvalue weighted by atomic mass is 9.95. The fraction of sp³-hybridized carbons (Fsp3) is 0.750. The number of hydrogen-bond acceptors (Lipinski definition) is 1. The largest absolute Gasteiger partial charge is 0.289 e. The van der Waals surface area contributed by atoms with E-state index in [0.29, 0.717) is 5.92 Å². The van der Waals surface area contributed by atoms with E-state index in [4.69, 9.17) is 0 Å². The SMILES string of the molecule is CCC/C=C1/CCN=C1C(C)CC. The number of nitrogens with zero attached hydrogens (tertiary/aromatic N) is 1. The van der Waals surface area contributed by atoms with Crippen LogP contribution in [0.3, 0.4) is 0 Å². The normalized spacial score (nSPS) is 22.1. The average molecular weight is 179 g/mol. The predicted octanol–water partition coefficient (Wildman–Crippen LogP) is 3.60. The van der Waals surface area contributed by atoms with Gasteiger partial charge in [0.2, 0.25) is 0 Å². The monoisotopic (exact) mass is 179 g/mol. The molecule has 0 amide bonds. The molecule has 1 heterocycles. The molecule has 0 spiro atoms. The second kappa shape index (κ2) is 5.21. The number of allylic oxidation sites excluding steroid dienone is 1.